The summed E-state index contributed by atoms with van der Waals surface area (Å²) >= 11 is 0. The minimum atomic E-state index is -3.76. The van der Waals surface area contributed by atoms with Crippen molar-refractivity contribution >= 4 is 31.3 Å². The SMILES string of the molecule is CCc1cc(S(=O)(=O)Cl)cc(C)c1NC(=O)C(C)CC. The molecule has 1 aromatic rings. The number of amides is 1. The monoisotopic (exact) mass is 317 g/mol. The Morgan fingerprint density at radius 2 is 1.95 bits per heavy atom. The van der Waals surface area contributed by atoms with Crippen LogP contribution in [0.2, 0.25) is 0 Å². The summed E-state index contributed by atoms with van der Waals surface area (Å²) in [4.78, 5) is 12.1. The lowest BCUT2D eigenvalue weighted by molar-refractivity contribution is -0.119. The second-order valence-corrected chi connectivity index (χ2v) is 7.43. The molecule has 0 aliphatic rings. The summed E-state index contributed by atoms with van der Waals surface area (Å²) in [6.45, 7) is 7.46. The standard InChI is InChI=1S/C14H20ClNO3S/c1-5-9(3)14(17)16-13-10(4)7-12(20(15,18)19)8-11(13)6-2/h7-9H,5-6H2,1-4H3,(H,16,17). The Hall–Kier alpha value is -1.07. The van der Waals surface area contributed by atoms with E-state index in [4.69, 9.17) is 10.7 Å². The molecule has 1 unspecified atom stereocenters. The number of aryl methyl sites for hydroxylation is 2. The minimum Gasteiger partial charge on any atom is -0.325 e. The van der Waals surface area contributed by atoms with E-state index in [-0.39, 0.29) is 16.7 Å². The highest BCUT2D eigenvalue weighted by Gasteiger charge is 2.18. The Kier molecular flexibility index (Phi) is 5.59. The van der Waals surface area contributed by atoms with Crippen molar-refractivity contribution < 1.29 is 13.2 Å². The van der Waals surface area contributed by atoms with Crippen molar-refractivity contribution in [2.45, 2.75) is 45.4 Å². The maximum absolute atomic E-state index is 12.0. The van der Waals surface area contributed by atoms with E-state index in [2.05, 4.69) is 5.32 Å². The molecule has 6 heteroatoms. The smallest absolute Gasteiger partial charge is 0.261 e. The van der Waals surface area contributed by atoms with Crippen LogP contribution in [0.25, 0.3) is 0 Å². The van der Waals surface area contributed by atoms with Gasteiger partial charge in [0.1, 0.15) is 0 Å². The Labute approximate surface area is 124 Å². The van der Waals surface area contributed by atoms with Gasteiger partial charge in [-0.25, -0.2) is 8.42 Å². The number of hydrogen-bond acceptors (Lipinski definition) is 3. The van der Waals surface area contributed by atoms with Crippen LogP contribution in [0.5, 0.6) is 0 Å². The van der Waals surface area contributed by atoms with Crippen LogP contribution in [-0.2, 0) is 20.3 Å². The average molecular weight is 318 g/mol. The Morgan fingerprint density at radius 3 is 2.40 bits per heavy atom. The molecule has 1 atom stereocenters. The molecule has 0 fully saturated rings. The number of carbonyl (C=O) groups excluding carboxylic acids is 1. The number of halogens is 1. The average Bonchev–Trinajstić information content (AvgIpc) is 2.38. The van der Waals surface area contributed by atoms with Gasteiger partial charge in [0.15, 0.2) is 0 Å². The third-order valence-corrected chi connectivity index (χ3v) is 4.69. The molecule has 0 radical (unpaired) electrons. The van der Waals surface area contributed by atoms with Crippen LogP contribution in [0.3, 0.4) is 0 Å². The van der Waals surface area contributed by atoms with Crippen LogP contribution in [-0.4, -0.2) is 14.3 Å². The lowest BCUT2D eigenvalue weighted by atomic mass is 10.0. The molecule has 0 heterocycles. The van der Waals surface area contributed by atoms with Gasteiger partial charge in [-0.1, -0.05) is 20.8 Å². The summed E-state index contributed by atoms with van der Waals surface area (Å²) in [5, 5.41) is 2.88. The fourth-order valence-corrected chi connectivity index (χ4v) is 2.72. The number of carbonyl (C=O) groups is 1. The fourth-order valence-electron chi connectivity index (χ4n) is 1.85. The molecule has 0 spiro atoms. The maximum Gasteiger partial charge on any atom is 0.261 e. The van der Waals surface area contributed by atoms with E-state index in [9.17, 15) is 13.2 Å². The molecule has 0 saturated carbocycles. The Balaban J connectivity index is 3.25. The zero-order valence-electron chi connectivity index (χ0n) is 12.2. The van der Waals surface area contributed by atoms with Crippen LogP contribution < -0.4 is 5.32 Å². The molecule has 0 saturated heterocycles. The summed E-state index contributed by atoms with van der Waals surface area (Å²) in [5.41, 5.74) is 2.14. The van der Waals surface area contributed by atoms with E-state index in [1.165, 1.54) is 12.1 Å². The van der Waals surface area contributed by atoms with Crippen LogP contribution in [0.15, 0.2) is 17.0 Å². The molecule has 112 valence electrons. The van der Waals surface area contributed by atoms with Gasteiger partial charge in [-0.2, -0.15) is 0 Å². The van der Waals surface area contributed by atoms with E-state index in [0.29, 0.717) is 17.7 Å². The van der Waals surface area contributed by atoms with E-state index >= 15 is 0 Å². The van der Waals surface area contributed by atoms with Crippen molar-refractivity contribution in [2.75, 3.05) is 5.32 Å². The predicted octanol–water partition coefficient (Wildman–Crippen LogP) is 3.47. The highest BCUT2D eigenvalue weighted by molar-refractivity contribution is 8.13. The van der Waals surface area contributed by atoms with Crippen molar-refractivity contribution in [1.29, 1.82) is 0 Å². The molecule has 4 nitrogen and oxygen atoms in total. The lowest BCUT2D eigenvalue weighted by Crippen LogP contribution is -2.21. The topological polar surface area (TPSA) is 63.2 Å². The van der Waals surface area contributed by atoms with Gasteiger partial charge in [-0.15, -0.1) is 0 Å². The van der Waals surface area contributed by atoms with Crippen molar-refractivity contribution in [3.63, 3.8) is 0 Å². The predicted molar refractivity (Wildman–Crippen MR) is 81.7 cm³/mol. The summed E-state index contributed by atoms with van der Waals surface area (Å²) in [6.07, 6.45) is 1.36. The van der Waals surface area contributed by atoms with Crippen LogP contribution in [0, 0.1) is 12.8 Å². The molecule has 0 bridgehead atoms. The second kappa shape index (κ2) is 6.59. The van der Waals surface area contributed by atoms with Crippen molar-refractivity contribution in [2.24, 2.45) is 5.92 Å². The second-order valence-electron chi connectivity index (χ2n) is 4.86. The molecule has 1 rings (SSSR count). The summed E-state index contributed by atoms with van der Waals surface area (Å²) < 4.78 is 22.8. The number of rotatable bonds is 5. The largest absolute Gasteiger partial charge is 0.325 e. The van der Waals surface area contributed by atoms with Crippen molar-refractivity contribution in [1.82, 2.24) is 0 Å². The molecule has 0 aliphatic heterocycles. The third kappa shape index (κ3) is 3.96. The van der Waals surface area contributed by atoms with Gasteiger partial charge in [-0.3, -0.25) is 4.79 Å². The lowest BCUT2D eigenvalue weighted by Gasteiger charge is -2.16. The first-order valence-electron chi connectivity index (χ1n) is 6.59. The first-order chi connectivity index (χ1) is 9.20. The molecule has 1 N–H and O–H groups in total. The molecule has 1 amide bonds. The van der Waals surface area contributed by atoms with E-state index in [0.717, 1.165) is 12.0 Å². The van der Waals surface area contributed by atoms with Crippen LogP contribution in [0.4, 0.5) is 5.69 Å². The number of hydrogen-bond donors (Lipinski definition) is 1. The summed E-state index contributed by atoms with van der Waals surface area (Å²) in [6, 6.07) is 3.00. The van der Waals surface area contributed by atoms with Gasteiger partial charge >= 0.3 is 0 Å². The first-order valence-corrected chi connectivity index (χ1v) is 8.90. The van der Waals surface area contributed by atoms with Gasteiger partial charge in [0.05, 0.1) is 4.90 Å². The highest BCUT2D eigenvalue weighted by atomic mass is 35.7. The van der Waals surface area contributed by atoms with Crippen LogP contribution in [0.1, 0.15) is 38.3 Å². The minimum absolute atomic E-state index is 0.0632. The maximum atomic E-state index is 12.0. The van der Waals surface area contributed by atoms with Crippen molar-refractivity contribution in [3.05, 3.63) is 23.3 Å². The normalized spacial score (nSPS) is 13.1. The van der Waals surface area contributed by atoms with E-state index in [1.54, 1.807) is 6.92 Å². The van der Waals surface area contributed by atoms with E-state index < -0.39 is 9.05 Å². The zero-order chi connectivity index (χ0) is 15.5. The van der Waals surface area contributed by atoms with Gasteiger partial charge in [0.25, 0.3) is 9.05 Å². The van der Waals surface area contributed by atoms with Crippen LogP contribution >= 0.6 is 10.7 Å². The number of nitrogens with one attached hydrogen (secondary N) is 1. The van der Waals surface area contributed by atoms with Gasteiger partial charge in [-0.05, 0) is 43.0 Å². The van der Waals surface area contributed by atoms with Crippen molar-refractivity contribution in [3.8, 4) is 0 Å². The first kappa shape index (κ1) is 17.0. The fraction of sp³-hybridized carbons (Fsp3) is 0.500. The Bertz CT molecular complexity index is 611. The summed E-state index contributed by atoms with van der Waals surface area (Å²) in [5.74, 6) is -0.151. The van der Waals surface area contributed by atoms with Gasteiger partial charge in [0.2, 0.25) is 5.91 Å². The molecule has 20 heavy (non-hydrogen) atoms. The molecule has 0 aliphatic carbocycles. The molecule has 0 aromatic heterocycles. The molecular weight excluding hydrogens is 298 g/mol. The molecule has 1 aromatic carbocycles. The zero-order valence-corrected chi connectivity index (χ0v) is 13.7. The number of benzene rings is 1. The highest BCUT2D eigenvalue weighted by Crippen LogP contribution is 2.28. The van der Waals surface area contributed by atoms with E-state index in [1.807, 2.05) is 20.8 Å². The quantitative estimate of drug-likeness (QED) is 0.846. The third-order valence-electron chi connectivity index (χ3n) is 3.36. The molecular formula is C14H20ClNO3S. The number of anilines is 1. The van der Waals surface area contributed by atoms with Gasteiger partial charge in [0, 0.05) is 22.3 Å². The summed E-state index contributed by atoms with van der Waals surface area (Å²) in [7, 11) is 1.61. The Morgan fingerprint density at radius 1 is 1.35 bits per heavy atom. The van der Waals surface area contributed by atoms with Gasteiger partial charge < -0.3 is 5.32 Å².